The van der Waals surface area contributed by atoms with Crippen LogP contribution in [0.1, 0.15) is 27.7 Å². The number of carbonyl (C=O) groups excluding carboxylic acids is 2. The van der Waals surface area contributed by atoms with Crippen molar-refractivity contribution >= 4 is 11.9 Å². The third kappa shape index (κ3) is 12.4. The molecule has 0 spiro atoms. The van der Waals surface area contributed by atoms with E-state index in [1.54, 1.807) is 0 Å². The molecule has 4 nitrogen and oxygen atoms in total. The molecule has 92 valence electrons. The second kappa shape index (κ2) is 9.96. The second-order valence-corrected chi connectivity index (χ2v) is 3.37. The van der Waals surface area contributed by atoms with Gasteiger partial charge in [-0.3, -0.25) is 4.79 Å². The minimum absolute atomic E-state index is 0.0227. The van der Waals surface area contributed by atoms with Gasteiger partial charge in [-0.25, -0.2) is 4.79 Å². The van der Waals surface area contributed by atoms with Crippen LogP contribution >= 0.6 is 0 Å². The van der Waals surface area contributed by atoms with Crippen molar-refractivity contribution in [3.8, 4) is 0 Å². The molecule has 0 saturated carbocycles. The summed E-state index contributed by atoms with van der Waals surface area (Å²) in [5.74, 6) is -0.310. The normalized spacial score (nSPS) is 10.6. The molecule has 0 rings (SSSR count). The van der Waals surface area contributed by atoms with Gasteiger partial charge in [-0.05, 0) is 12.8 Å². The molecule has 0 N–H and O–H groups in total. The molecule has 0 aromatic carbocycles. The van der Waals surface area contributed by atoms with Crippen molar-refractivity contribution < 1.29 is 19.1 Å². The van der Waals surface area contributed by atoms with Crippen molar-refractivity contribution in [1.29, 1.82) is 0 Å². The third-order valence-electron chi connectivity index (χ3n) is 1.66. The molecule has 0 aliphatic rings. The van der Waals surface area contributed by atoms with Gasteiger partial charge in [0.15, 0.2) is 0 Å². The Hall–Kier alpha value is -1.58. The smallest absolute Gasteiger partial charge is 0.330 e. The van der Waals surface area contributed by atoms with Gasteiger partial charge in [0.25, 0.3) is 0 Å². The minimum atomic E-state index is -0.346. The van der Waals surface area contributed by atoms with Crippen LogP contribution in [0.3, 0.4) is 0 Å². The van der Waals surface area contributed by atoms with Gasteiger partial charge in [-0.2, -0.15) is 0 Å². The Balaban J connectivity index is 0. The SMILES string of the molecule is C=CC(=O)OC(C)C(C)C.C=COC(C)=O. The van der Waals surface area contributed by atoms with Crippen molar-refractivity contribution in [3.63, 3.8) is 0 Å². The lowest BCUT2D eigenvalue weighted by Crippen LogP contribution is -2.18. The van der Waals surface area contributed by atoms with E-state index in [4.69, 9.17) is 4.74 Å². The van der Waals surface area contributed by atoms with E-state index in [2.05, 4.69) is 17.9 Å². The average molecular weight is 228 g/mol. The Labute approximate surface area is 96.9 Å². The van der Waals surface area contributed by atoms with Crippen molar-refractivity contribution in [2.75, 3.05) is 0 Å². The highest BCUT2D eigenvalue weighted by molar-refractivity contribution is 5.81. The summed E-state index contributed by atoms with van der Waals surface area (Å²) in [4.78, 5) is 20.3. The Kier molecular flexibility index (Phi) is 10.5. The Bertz CT molecular complexity index is 243. The van der Waals surface area contributed by atoms with Crippen LogP contribution in [0.2, 0.25) is 0 Å². The van der Waals surface area contributed by atoms with Crippen molar-refractivity contribution in [2.45, 2.75) is 33.8 Å². The van der Waals surface area contributed by atoms with Crippen LogP contribution in [-0.2, 0) is 19.1 Å². The lowest BCUT2D eigenvalue weighted by molar-refractivity contribution is -0.144. The molecule has 0 amide bonds. The molecule has 0 aliphatic carbocycles. The van der Waals surface area contributed by atoms with Crippen LogP contribution in [0.15, 0.2) is 25.5 Å². The summed E-state index contributed by atoms with van der Waals surface area (Å²) in [7, 11) is 0. The van der Waals surface area contributed by atoms with Crippen molar-refractivity contribution in [1.82, 2.24) is 0 Å². The number of ether oxygens (including phenoxy) is 2. The van der Waals surface area contributed by atoms with Crippen LogP contribution in [0, 0.1) is 5.92 Å². The summed E-state index contributed by atoms with van der Waals surface area (Å²) in [5.41, 5.74) is 0. The highest BCUT2D eigenvalue weighted by Gasteiger charge is 2.09. The minimum Gasteiger partial charge on any atom is -0.459 e. The molecule has 4 heteroatoms. The van der Waals surface area contributed by atoms with Crippen LogP contribution in [0.5, 0.6) is 0 Å². The molecule has 16 heavy (non-hydrogen) atoms. The zero-order valence-corrected chi connectivity index (χ0v) is 10.4. The van der Waals surface area contributed by atoms with Crippen LogP contribution in [0.25, 0.3) is 0 Å². The first-order valence-corrected chi connectivity index (χ1v) is 4.96. The molecule has 1 atom stereocenters. The Morgan fingerprint density at radius 3 is 1.88 bits per heavy atom. The average Bonchev–Trinajstić information content (AvgIpc) is 2.18. The lowest BCUT2D eigenvalue weighted by atomic mass is 10.1. The fraction of sp³-hybridized carbons (Fsp3) is 0.500. The van der Waals surface area contributed by atoms with E-state index in [9.17, 15) is 9.59 Å². The summed E-state index contributed by atoms with van der Waals surface area (Å²) >= 11 is 0. The van der Waals surface area contributed by atoms with Gasteiger partial charge in [0, 0.05) is 13.0 Å². The fourth-order valence-electron chi connectivity index (χ4n) is 0.485. The Morgan fingerprint density at radius 1 is 1.19 bits per heavy atom. The van der Waals surface area contributed by atoms with Crippen LogP contribution in [-0.4, -0.2) is 18.0 Å². The van der Waals surface area contributed by atoms with E-state index in [-0.39, 0.29) is 18.0 Å². The van der Waals surface area contributed by atoms with Crippen molar-refractivity contribution in [3.05, 3.63) is 25.5 Å². The molecular weight excluding hydrogens is 208 g/mol. The number of hydrogen-bond acceptors (Lipinski definition) is 4. The summed E-state index contributed by atoms with van der Waals surface area (Å²) < 4.78 is 9.07. The lowest BCUT2D eigenvalue weighted by Gasteiger charge is -2.14. The van der Waals surface area contributed by atoms with Gasteiger partial charge in [0.1, 0.15) is 6.10 Å². The first-order valence-electron chi connectivity index (χ1n) is 4.96. The summed E-state index contributed by atoms with van der Waals surface area (Å²) in [6.45, 7) is 13.6. The van der Waals surface area contributed by atoms with E-state index in [1.807, 2.05) is 20.8 Å². The molecular formula is C12H20O4. The van der Waals surface area contributed by atoms with Crippen molar-refractivity contribution in [2.24, 2.45) is 5.92 Å². The van der Waals surface area contributed by atoms with Crippen LogP contribution in [0.4, 0.5) is 0 Å². The number of hydrogen-bond donors (Lipinski definition) is 0. The molecule has 0 bridgehead atoms. The molecule has 0 saturated heterocycles. The van der Waals surface area contributed by atoms with Gasteiger partial charge in [-0.15, -0.1) is 0 Å². The molecule has 0 heterocycles. The standard InChI is InChI=1S/C8H14O2.C4H6O2/c1-5-8(9)10-7(4)6(2)3;1-3-6-4(2)5/h5-7H,1H2,2-4H3;3H,1H2,2H3. The third-order valence-corrected chi connectivity index (χ3v) is 1.66. The number of esters is 2. The largest absolute Gasteiger partial charge is 0.459 e. The highest BCUT2D eigenvalue weighted by Crippen LogP contribution is 2.04. The monoisotopic (exact) mass is 228 g/mol. The number of carbonyl (C=O) groups is 2. The predicted octanol–water partition coefficient (Wildman–Crippen LogP) is 2.45. The van der Waals surface area contributed by atoms with E-state index in [1.165, 1.54) is 13.0 Å². The first kappa shape index (κ1) is 16.8. The molecule has 0 fully saturated rings. The maximum Gasteiger partial charge on any atom is 0.330 e. The van der Waals surface area contributed by atoms with Gasteiger partial charge in [0.05, 0.1) is 6.26 Å². The maximum atomic E-state index is 10.6. The van der Waals surface area contributed by atoms with Gasteiger partial charge < -0.3 is 9.47 Å². The van der Waals surface area contributed by atoms with Gasteiger partial charge in [-0.1, -0.05) is 27.0 Å². The van der Waals surface area contributed by atoms with Gasteiger partial charge in [0.2, 0.25) is 0 Å². The molecule has 0 aromatic rings. The van der Waals surface area contributed by atoms with E-state index in [0.717, 1.165) is 6.26 Å². The molecule has 0 radical (unpaired) electrons. The van der Waals surface area contributed by atoms with Gasteiger partial charge >= 0.3 is 11.9 Å². The molecule has 0 aromatic heterocycles. The molecule has 0 aliphatic heterocycles. The maximum absolute atomic E-state index is 10.6. The molecule has 1 unspecified atom stereocenters. The number of rotatable bonds is 4. The zero-order chi connectivity index (χ0) is 13.1. The Morgan fingerprint density at radius 2 is 1.69 bits per heavy atom. The topological polar surface area (TPSA) is 52.6 Å². The summed E-state index contributed by atoms with van der Waals surface area (Å²) in [6, 6.07) is 0. The predicted molar refractivity (Wildman–Crippen MR) is 62.6 cm³/mol. The highest BCUT2D eigenvalue weighted by atomic mass is 16.5. The quantitative estimate of drug-likeness (QED) is 0.421. The van der Waals surface area contributed by atoms with E-state index < -0.39 is 0 Å². The summed E-state index contributed by atoms with van der Waals surface area (Å²) in [6.07, 6.45) is 2.26. The zero-order valence-electron chi connectivity index (χ0n) is 10.4. The van der Waals surface area contributed by atoms with E-state index >= 15 is 0 Å². The summed E-state index contributed by atoms with van der Waals surface area (Å²) in [5, 5.41) is 0. The fourth-order valence-corrected chi connectivity index (χ4v) is 0.485. The second-order valence-electron chi connectivity index (χ2n) is 3.37. The van der Waals surface area contributed by atoms with Crippen LogP contribution < -0.4 is 0 Å². The first-order chi connectivity index (χ1) is 7.34. The van der Waals surface area contributed by atoms with E-state index in [0.29, 0.717) is 5.92 Å².